The second-order valence-electron chi connectivity index (χ2n) is 6.97. The first kappa shape index (κ1) is 16.7. The van der Waals surface area contributed by atoms with E-state index in [0.717, 1.165) is 38.8 Å². The largest absolute Gasteiger partial charge is 0.505 e. The van der Waals surface area contributed by atoms with Gasteiger partial charge in [-0.3, -0.25) is 9.59 Å². The fourth-order valence-electron chi connectivity index (χ4n) is 3.56. The molecule has 2 amide bonds. The van der Waals surface area contributed by atoms with Crippen molar-refractivity contribution in [1.29, 1.82) is 0 Å². The van der Waals surface area contributed by atoms with Gasteiger partial charge in [0, 0.05) is 32.4 Å². The molecule has 0 radical (unpaired) electrons. The maximum atomic E-state index is 12.8. The van der Waals surface area contributed by atoms with Crippen LogP contribution in [0.1, 0.15) is 43.1 Å². The molecule has 2 fully saturated rings. The number of nitrogens with zero attached hydrogens (tertiary/aromatic N) is 3. The molecule has 1 aromatic rings. The molecule has 0 aliphatic carbocycles. The van der Waals surface area contributed by atoms with Crippen LogP contribution in [0.4, 0.5) is 0 Å². The minimum atomic E-state index is -0.294. The molecule has 2 saturated heterocycles. The number of rotatable bonds is 2. The van der Waals surface area contributed by atoms with Crippen molar-refractivity contribution in [2.45, 2.75) is 32.6 Å². The molecule has 1 N–H and O–H groups in total. The number of hydrogen-bond donors (Lipinski definition) is 1. The number of aromatic hydroxyl groups is 1. The van der Waals surface area contributed by atoms with Crippen LogP contribution in [0.5, 0.6) is 5.75 Å². The lowest BCUT2D eigenvalue weighted by Crippen LogP contribution is -2.48. The summed E-state index contributed by atoms with van der Waals surface area (Å²) in [5.41, 5.74) is 0.0670. The Hall–Kier alpha value is -2.11. The summed E-state index contributed by atoms with van der Waals surface area (Å²) in [6.45, 7) is 4.90. The van der Waals surface area contributed by atoms with Gasteiger partial charge in [-0.05, 0) is 43.7 Å². The molecule has 0 saturated carbocycles. The van der Waals surface area contributed by atoms with Crippen LogP contribution < -0.4 is 0 Å². The van der Waals surface area contributed by atoms with E-state index in [4.69, 9.17) is 0 Å². The molecular formula is C18H25N3O3. The average Bonchev–Trinajstić information content (AvgIpc) is 2.62. The lowest BCUT2D eigenvalue weighted by Gasteiger charge is -2.37. The van der Waals surface area contributed by atoms with Gasteiger partial charge in [0.25, 0.3) is 5.91 Å². The zero-order valence-electron chi connectivity index (χ0n) is 14.1. The smallest absolute Gasteiger partial charge is 0.276 e. The summed E-state index contributed by atoms with van der Waals surface area (Å²) in [7, 11) is 0. The van der Waals surface area contributed by atoms with Crippen molar-refractivity contribution in [3.05, 3.63) is 24.0 Å². The molecule has 1 aromatic heterocycles. The molecule has 3 heterocycles. The Labute approximate surface area is 142 Å². The number of pyridine rings is 1. The number of amides is 2. The monoisotopic (exact) mass is 331 g/mol. The SMILES string of the molecule is CC1CCN(C(=O)[C@@H]2CCCN(C(=O)c3ncccc3O)C2)CC1. The number of carbonyl (C=O) groups excluding carboxylic acids is 2. The topological polar surface area (TPSA) is 73.7 Å². The highest BCUT2D eigenvalue weighted by Crippen LogP contribution is 2.25. The van der Waals surface area contributed by atoms with Crippen LogP contribution in [-0.2, 0) is 4.79 Å². The normalized spacial score (nSPS) is 22.5. The Morgan fingerprint density at radius 2 is 1.92 bits per heavy atom. The van der Waals surface area contributed by atoms with E-state index in [9.17, 15) is 14.7 Å². The van der Waals surface area contributed by atoms with Gasteiger partial charge in [-0.15, -0.1) is 0 Å². The van der Waals surface area contributed by atoms with E-state index in [0.29, 0.717) is 19.0 Å². The molecule has 0 aromatic carbocycles. The highest BCUT2D eigenvalue weighted by Gasteiger charge is 2.33. The number of hydrogen-bond acceptors (Lipinski definition) is 4. The minimum Gasteiger partial charge on any atom is -0.505 e. The second kappa shape index (κ2) is 7.20. The van der Waals surface area contributed by atoms with Gasteiger partial charge < -0.3 is 14.9 Å². The van der Waals surface area contributed by atoms with E-state index in [1.165, 1.54) is 12.3 Å². The van der Waals surface area contributed by atoms with Gasteiger partial charge in [-0.1, -0.05) is 6.92 Å². The third-order valence-electron chi connectivity index (χ3n) is 5.14. The van der Waals surface area contributed by atoms with E-state index in [1.54, 1.807) is 11.0 Å². The predicted molar refractivity (Wildman–Crippen MR) is 89.5 cm³/mol. The van der Waals surface area contributed by atoms with Gasteiger partial charge in [0.1, 0.15) is 5.75 Å². The van der Waals surface area contributed by atoms with Crippen molar-refractivity contribution in [2.24, 2.45) is 11.8 Å². The molecule has 2 aliphatic rings. The van der Waals surface area contributed by atoms with Gasteiger partial charge in [0.2, 0.25) is 5.91 Å². The molecule has 1 atom stereocenters. The lowest BCUT2D eigenvalue weighted by molar-refractivity contribution is -0.138. The van der Waals surface area contributed by atoms with E-state index in [1.807, 2.05) is 4.90 Å². The van der Waals surface area contributed by atoms with Gasteiger partial charge >= 0.3 is 0 Å². The Morgan fingerprint density at radius 3 is 2.62 bits per heavy atom. The Kier molecular flexibility index (Phi) is 5.02. The number of aromatic nitrogens is 1. The summed E-state index contributed by atoms with van der Waals surface area (Å²) in [5.74, 6) is 0.316. The summed E-state index contributed by atoms with van der Waals surface area (Å²) >= 11 is 0. The third-order valence-corrected chi connectivity index (χ3v) is 5.14. The van der Waals surface area contributed by atoms with E-state index >= 15 is 0 Å². The molecule has 3 rings (SSSR count). The van der Waals surface area contributed by atoms with Crippen LogP contribution in [0, 0.1) is 11.8 Å². The maximum Gasteiger partial charge on any atom is 0.276 e. The Morgan fingerprint density at radius 1 is 1.17 bits per heavy atom. The van der Waals surface area contributed by atoms with Crippen LogP contribution in [0.25, 0.3) is 0 Å². The van der Waals surface area contributed by atoms with Crippen LogP contribution >= 0.6 is 0 Å². The van der Waals surface area contributed by atoms with E-state index in [-0.39, 0.29) is 29.2 Å². The van der Waals surface area contributed by atoms with E-state index in [2.05, 4.69) is 11.9 Å². The van der Waals surface area contributed by atoms with Crippen LogP contribution in [0.2, 0.25) is 0 Å². The van der Waals surface area contributed by atoms with Crippen molar-refractivity contribution < 1.29 is 14.7 Å². The molecule has 0 bridgehead atoms. The highest BCUT2D eigenvalue weighted by molar-refractivity contribution is 5.95. The molecule has 130 valence electrons. The van der Waals surface area contributed by atoms with Gasteiger partial charge in [-0.2, -0.15) is 0 Å². The number of likely N-dealkylation sites (tertiary alicyclic amines) is 2. The predicted octanol–water partition coefficient (Wildman–Crippen LogP) is 1.90. The quantitative estimate of drug-likeness (QED) is 0.898. The van der Waals surface area contributed by atoms with Crippen molar-refractivity contribution in [3.63, 3.8) is 0 Å². The van der Waals surface area contributed by atoms with Gasteiger partial charge in [0.05, 0.1) is 5.92 Å². The molecule has 2 aliphatic heterocycles. The molecule has 0 unspecified atom stereocenters. The summed E-state index contributed by atoms with van der Waals surface area (Å²) in [6.07, 6.45) is 5.24. The zero-order chi connectivity index (χ0) is 17.1. The standard InChI is InChI=1S/C18H25N3O3/c1-13-6-10-20(11-7-13)17(23)14-4-3-9-21(12-14)18(24)16-15(22)5-2-8-19-16/h2,5,8,13-14,22H,3-4,6-7,9-12H2,1H3/t14-/m1/s1. The Balaban J connectivity index is 1.65. The van der Waals surface area contributed by atoms with Gasteiger partial charge in [0.15, 0.2) is 5.69 Å². The summed E-state index contributed by atoms with van der Waals surface area (Å²) in [5, 5.41) is 9.83. The van der Waals surface area contributed by atoms with Crippen molar-refractivity contribution in [3.8, 4) is 5.75 Å². The van der Waals surface area contributed by atoms with Gasteiger partial charge in [-0.25, -0.2) is 4.98 Å². The summed E-state index contributed by atoms with van der Waals surface area (Å²) < 4.78 is 0. The van der Waals surface area contributed by atoms with Crippen LogP contribution in [0.15, 0.2) is 18.3 Å². The van der Waals surface area contributed by atoms with Crippen molar-refractivity contribution >= 4 is 11.8 Å². The van der Waals surface area contributed by atoms with Crippen LogP contribution in [-0.4, -0.2) is 57.9 Å². The fourth-order valence-corrected chi connectivity index (χ4v) is 3.56. The zero-order valence-corrected chi connectivity index (χ0v) is 14.1. The molecular weight excluding hydrogens is 306 g/mol. The minimum absolute atomic E-state index is 0.0670. The molecule has 6 nitrogen and oxygen atoms in total. The number of piperidine rings is 2. The summed E-state index contributed by atoms with van der Waals surface area (Å²) in [4.78, 5) is 32.9. The molecule has 0 spiro atoms. The second-order valence-corrected chi connectivity index (χ2v) is 6.97. The fraction of sp³-hybridized carbons (Fsp3) is 0.611. The number of carbonyl (C=O) groups is 2. The Bertz CT molecular complexity index is 611. The van der Waals surface area contributed by atoms with Crippen molar-refractivity contribution in [2.75, 3.05) is 26.2 Å². The molecule has 24 heavy (non-hydrogen) atoms. The van der Waals surface area contributed by atoms with Crippen molar-refractivity contribution in [1.82, 2.24) is 14.8 Å². The first-order valence-electron chi connectivity index (χ1n) is 8.78. The van der Waals surface area contributed by atoms with Crippen LogP contribution in [0.3, 0.4) is 0 Å². The third kappa shape index (κ3) is 3.52. The summed E-state index contributed by atoms with van der Waals surface area (Å²) in [6, 6.07) is 3.05. The maximum absolute atomic E-state index is 12.8. The van der Waals surface area contributed by atoms with E-state index < -0.39 is 0 Å². The average molecular weight is 331 g/mol. The highest BCUT2D eigenvalue weighted by atomic mass is 16.3. The lowest BCUT2D eigenvalue weighted by atomic mass is 9.93. The first-order valence-corrected chi connectivity index (χ1v) is 8.78. The first-order chi connectivity index (χ1) is 11.6. The molecule has 6 heteroatoms.